The second-order valence-corrected chi connectivity index (χ2v) is 7.60. The predicted octanol–water partition coefficient (Wildman–Crippen LogP) is 2.63. The summed E-state index contributed by atoms with van der Waals surface area (Å²) in [4.78, 5) is 35.5. The number of hydrogen-bond acceptors (Lipinski definition) is 4. The second-order valence-electron chi connectivity index (χ2n) is 7.60. The molecular weight excluding hydrogens is 429 g/mol. The van der Waals surface area contributed by atoms with Crippen molar-refractivity contribution in [3.63, 3.8) is 0 Å². The van der Waals surface area contributed by atoms with Gasteiger partial charge in [0.05, 0.1) is 17.2 Å². The molecule has 1 fully saturated rings. The minimum atomic E-state index is -4.81. The standard InChI is InChI=1S/C21H23F3N4O4/c22-21(23,24)17-16(12-28(27-17)15-4-2-1-3-5-15)19(30)26-11-10-25-18(29)13-6-8-14(9-7-13)20(31)32/h1-5,12-14H,6-11H2,(H,25,29)(H,26,30)(H,31,32). The third-order valence-corrected chi connectivity index (χ3v) is 5.41. The number of nitrogens with zero attached hydrogens (tertiary/aromatic N) is 2. The van der Waals surface area contributed by atoms with Gasteiger partial charge in [-0.3, -0.25) is 14.4 Å². The number of nitrogens with one attached hydrogen (secondary N) is 2. The first kappa shape index (κ1) is 23.3. The van der Waals surface area contributed by atoms with Crippen LogP contribution in [0, 0.1) is 11.8 Å². The maximum absolute atomic E-state index is 13.4. The first-order valence-electron chi connectivity index (χ1n) is 10.2. The fraction of sp³-hybridized carbons (Fsp3) is 0.429. The van der Waals surface area contributed by atoms with E-state index >= 15 is 0 Å². The molecule has 1 heterocycles. The molecule has 0 saturated heterocycles. The second kappa shape index (κ2) is 9.84. The average molecular weight is 452 g/mol. The quantitative estimate of drug-likeness (QED) is 0.559. The smallest absolute Gasteiger partial charge is 0.435 e. The monoisotopic (exact) mass is 452 g/mol. The lowest BCUT2D eigenvalue weighted by Crippen LogP contribution is -2.39. The Kier molecular flexibility index (Phi) is 7.16. The molecule has 0 radical (unpaired) electrons. The van der Waals surface area contributed by atoms with Gasteiger partial charge in [0.15, 0.2) is 5.69 Å². The molecule has 172 valence electrons. The van der Waals surface area contributed by atoms with Gasteiger partial charge in [-0.05, 0) is 37.8 Å². The number of aliphatic carboxylic acids is 1. The molecule has 32 heavy (non-hydrogen) atoms. The first-order chi connectivity index (χ1) is 15.2. The molecule has 8 nitrogen and oxygen atoms in total. The van der Waals surface area contributed by atoms with Crippen LogP contribution in [0.1, 0.15) is 41.7 Å². The zero-order valence-electron chi connectivity index (χ0n) is 17.1. The number of amides is 2. The minimum Gasteiger partial charge on any atom is -0.481 e. The number of alkyl halides is 3. The van der Waals surface area contributed by atoms with Crippen molar-refractivity contribution in [2.45, 2.75) is 31.9 Å². The normalized spacial score (nSPS) is 18.7. The number of hydrogen-bond donors (Lipinski definition) is 3. The highest BCUT2D eigenvalue weighted by molar-refractivity contribution is 5.95. The Morgan fingerprint density at radius 2 is 1.59 bits per heavy atom. The van der Waals surface area contributed by atoms with Crippen LogP contribution in [0.2, 0.25) is 0 Å². The van der Waals surface area contributed by atoms with Gasteiger partial charge in [-0.1, -0.05) is 18.2 Å². The summed E-state index contributed by atoms with van der Waals surface area (Å²) in [5.74, 6) is -2.80. The van der Waals surface area contributed by atoms with Crippen LogP contribution in [0.25, 0.3) is 5.69 Å². The summed E-state index contributed by atoms with van der Waals surface area (Å²) in [5, 5.41) is 17.5. The molecule has 11 heteroatoms. The molecule has 1 aromatic carbocycles. The Bertz CT molecular complexity index is 967. The SMILES string of the molecule is O=C(NCCNC(=O)C1CCC(C(=O)O)CC1)c1cn(-c2ccccc2)nc1C(F)(F)F. The van der Waals surface area contributed by atoms with Crippen molar-refractivity contribution in [1.29, 1.82) is 0 Å². The van der Waals surface area contributed by atoms with E-state index in [2.05, 4.69) is 15.7 Å². The van der Waals surface area contributed by atoms with Gasteiger partial charge >= 0.3 is 12.1 Å². The van der Waals surface area contributed by atoms with E-state index in [1.165, 1.54) is 0 Å². The summed E-state index contributed by atoms with van der Waals surface area (Å²) in [6, 6.07) is 8.11. The number of para-hydroxylation sites is 1. The summed E-state index contributed by atoms with van der Waals surface area (Å²) in [6.07, 6.45) is -2.01. The molecule has 1 saturated carbocycles. The summed E-state index contributed by atoms with van der Waals surface area (Å²) in [7, 11) is 0. The lowest BCUT2D eigenvalue weighted by molar-refractivity contribution is -0.144. The van der Waals surface area contributed by atoms with Gasteiger partial charge < -0.3 is 15.7 Å². The van der Waals surface area contributed by atoms with Gasteiger partial charge in [-0.2, -0.15) is 18.3 Å². The van der Waals surface area contributed by atoms with Crippen molar-refractivity contribution in [1.82, 2.24) is 20.4 Å². The third kappa shape index (κ3) is 5.65. The van der Waals surface area contributed by atoms with Gasteiger partial charge in [0.25, 0.3) is 5.91 Å². The first-order valence-corrected chi connectivity index (χ1v) is 10.2. The summed E-state index contributed by atoms with van der Waals surface area (Å²) >= 11 is 0. The number of carbonyl (C=O) groups is 3. The van der Waals surface area contributed by atoms with Crippen molar-refractivity contribution >= 4 is 17.8 Å². The number of aromatic nitrogens is 2. The average Bonchev–Trinajstić information content (AvgIpc) is 3.23. The predicted molar refractivity (Wildman–Crippen MR) is 107 cm³/mol. The molecule has 0 bridgehead atoms. The Morgan fingerprint density at radius 1 is 1.00 bits per heavy atom. The van der Waals surface area contributed by atoms with Crippen molar-refractivity contribution in [3.8, 4) is 5.69 Å². The van der Waals surface area contributed by atoms with E-state index in [1.807, 2.05) is 0 Å². The number of carbonyl (C=O) groups excluding carboxylic acids is 2. The van der Waals surface area contributed by atoms with E-state index in [0.29, 0.717) is 31.4 Å². The van der Waals surface area contributed by atoms with Crippen molar-refractivity contribution in [2.75, 3.05) is 13.1 Å². The van der Waals surface area contributed by atoms with Crippen molar-refractivity contribution in [2.24, 2.45) is 11.8 Å². The molecule has 2 amide bonds. The highest BCUT2D eigenvalue weighted by atomic mass is 19.4. The number of benzene rings is 1. The molecule has 1 aromatic heterocycles. The Balaban J connectivity index is 1.54. The lowest BCUT2D eigenvalue weighted by Gasteiger charge is -2.25. The van der Waals surface area contributed by atoms with Crippen LogP contribution in [0.5, 0.6) is 0 Å². The van der Waals surface area contributed by atoms with E-state index in [1.54, 1.807) is 30.3 Å². The molecule has 0 unspecified atom stereocenters. The van der Waals surface area contributed by atoms with Crippen LogP contribution in [-0.4, -0.2) is 45.8 Å². The summed E-state index contributed by atoms with van der Waals surface area (Å²) in [6.45, 7) is -0.0273. The Labute approximate surface area is 181 Å². The number of rotatable bonds is 7. The van der Waals surface area contributed by atoms with Crippen molar-refractivity contribution in [3.05, 3.63) is 47.8 Å². The molecule has 3 rings (SSSR count). The summed E-state index contributed by atoms with van der Waals surface area (Å²) < 4.78 is 41.1. The highest BCUT2D eigenvalue weighted by Crippen LogP contribution is 2.31. The van der Waals surface area contributed by atoms with E-state index in [0.717, 1.165) is 10.9 Å². The van der Waals surface area contributed by atoms with Gasteiger partial charge in [0, 0.05) is 25.2 Å². The molecular formula is C21H23F3N4O4. The molecule has 0 aliphatic heterocycles. The van der Waals surface area contributed by atoms with E-state index in [-0.39, 0.29) is 24.9 Å². The highest BCUT2D eigenvalue weighted by Gasteiger charge is 2.39. The van der Waals surface area contributed by atoms with Gasteiger partial charge in [0.1, 0.15) is 0 Å². The molecule has 1 aliphatic carbocycles. The zero-order valence-corrected chi connectivity index (χ0v) is 17.1. The van der Waals surface area contributed by atoms with Gasteiger partial charge in [0.2, 0.25) is 5.91 Å². The maximum Gasteiger partial charge on any atom is 0.435 e. The third-order valence-electron chi connectivity index (χ3n) is 5.41. The summed E-state index contributed by atoms with van der Waals surface area (Å²) in [5.41, 5.74) is -1.53. The Morgan fingerprint density at radius 3 is 2.19 bits per heavy atom. The van der Waals surface area contributed by atoms with E-state index in [9.17, 15) is 27.6 Å². The molecule has 2 aromatic rings. The number of halogens is 3. The van der Waals surface area contributed by atoms with Crippen LogP contribution in [0.3, 0.4) is 0 Å². The van der Waals surface area contributed by atoms with Gasteiger partial charge in [-0.25, -0.2) is 4.68 Å². The van der Waals surface area contributed by atoms with Crippen LogP contribution < -0.4 is 10.6 Å². The van der Waals surface area contributed by atoms with E-state index in [4.69, 9.17) is 5.11 Å². The van der Waals surface area contributed by atoms with Crippen molar-refractivity contribution < 1.29 is 32.7 Å². The van der Waals surface area contributed by atoms with E-state index < -0.39 is 35.2 Å². The lowest BCUT2D eigenvalue weighted by atomic mass is 9.81. The van der Waals surface area contributed by atoms with Crippen LogP contribution in [0.15, 0.2) is 36.5 Å². The fourth-order valence-electron chi connectivity index (χ4n) is 3.67. The van der Waals surface area contributed by atoms with Crippen LogP contribution in [-0.2, 0) is 15.8 Å². The fourth-order valence-corrected chi connectivity index (χ4v) is 3.67. The molecule has 1 aliphatic rings. The largest absolute Gasteiger partial charge is 0.481 e. The topological polar surface area (TPSA) is 113 Å². The molecule has 0 spiro atoms. The maximum atomic E-state index is 13.4. The van der Waals surface area contributed by atoms with Crippen LogP contribution >= 0.6 is 0 Å². The molecule has 3 N–H and O–H groups in total. The van der Waals surface area contributed by atoms with Gasteiger partial charge in [-0.15, -0.1) is 0 Å². The number of carboxylic acids is 1. The Hall–Kier alpha value is -3.37. The number of carboxylic acid groups (broad SMARTS) is 1. The zero-order chi connectivity index (χ0) is 23.3. The van der Waals surface area contributed by atoms with Crippen LogP contribution in [0.4, 0.5) is 13.2 Å². The molecule has 0 atom stereocenters. The minimum absolute atomic E-state index is 0.0393.